The monoisotopic (exact) mass is 360 g/mol. The molecule has 0 saturated carbocycles. The summed E-state index contributed by atoms with van der Waals surface area (Å²) in [5, 5.41) is 1.06. The van der Waals surface area contributed by atoms with Crippen LogP contribution in [-0.2, 0) is 0 Å². The highest BCUT2D eigenvalue weighted by atomic mass is 35.5. The van der Waals surface area contributed by atoms with E-state index in [0.717, 1.165) is 5.56 Å². The largest absolute Gasteiger partial charge is 0.330 e. The Morgan fingerprint density at radius 3 is 2.48 bits per heavy atom. The van der Waals surface area contributed by atoms with Gasteiger partial charge in [0.2, 0.25) is 0 Å². The molecule has 7 heteroatoms. The molecule has 1 aromatic heterocycles. The van der Waals surface area contributed by atoms with Crippen LogP contribution in [0.1, 0.15) is 5.56 Å². The Hall–Kier alpha value is -1.07. The molecule has 0 amide bonds. The number of rotatable bonds is 1. The number of hydrogen-bond acceptors (Lipinski definition) is 1. The van der Waals surface area contributed by atoms with Gasteiger partial charge in [0.1, 0.15) is 5.82 Å². The molecule has 0 spiro atoms. The predicted octanol–water partition coefficient (Wildman–Crippen LogP) is 6.10. The van der Waals surface area contributed by atoms with E-state index in [2.05, 4.69) is 4.98 Å². The molecule has 0 fully saturated rings. The summed E-state index contributed by atoms with van der Waals surface area (Å²) in [6.45, 7) is 1.85. The lowest BCUT2D eigenvalue weighted by molar-refractivity contribution is 0.629. The highest BCUT2D eigenvalue weighted by molar-refractivity contribution is 7.71. The Balaban J connectivity index is 2.40. The minimum Gasteiger partial charge on any atom is -0.330 e. The second-order valence-corrected chi connectivity index (χ2v) is 6.21. The number of nitrogens with one attached hydrogen (secondary N) is 1. The van der Waals surface area contributed by atoms with E-state index in [1.807, 2.05) is 6.92 Å². The molecule has 0 aliphatic carbocycles. The minimum absolute atomic E-state index is 0.0268. The zero-order chi connectivity index (χ0) is 15.3. The maximum Gasteiger partial charge on any atom is 0.182 e. The van der Waals surface area contributed by atoms with Gasteiger partial charge < -0.3 is 4.98 Å². The average Bonchev–Trinajstić information content (AvgIpc) is 2.70. The second-order valence-electron chi connectivity index (χ2n) is 4.60. The fourth-order valence-electron chi connectivity index (χ4n) is 2.15. The van der Waals surface area contributed by atoms with Gasteiger partial charge in [-0.3, -0.25) is 4.57 Å². The highest BCUT2D eigenvalue weighted by Crippen LogP contribution is 2.31. The van der Waals surface area contributed by atoms with Crippen LogP contribution in [0.15, 0.2) is 24.3 Å². The quantitative estimate of drug-likeness (QED) is 0.520. The zero-order valence-corrected chi connectivity index (χ0v) is 13.8. The lowest BCUT2D eigenvalue weighted by Crippen LogP contribution is -1.96. The van der Waals surface area contributed by atoms with Gasteiger partial charge >= 0.3 is 0 Å². The Morgan fingerprint density at radius 1 is 1.05 bits per heavy atom. The van der Waals surface area contributed by atoms with Crippen LogP contribution in [0.4, 0.5) is 4.39 Å². The summed E-state index contributed by atoms with van der Waals surface area (Å²) in [5.41, 5.74) is 2.61. The van der Waals surface area contributed by atoms with E-state index in [1.54, 1.807) is 16.7 Å². The molecule has 0 atom stereocenters. The van der Waals surface area contributed by atoms with Gasteiger partial charge in [0, 0.05) is 11.1 Å². The maximum absolute atomic E-state index is 13.7. The normalized spacial score (nSPS) is 11.3. The van der Waals surface area contributed by atoms with E-state index in [9.17, 15) is 4.39 Å². The lowest BCUT2D eigenvalue weighted by atomic mass is 10.2. The van der Waals surface area contributed by atoms with Crippen molar-refractivity contribution in [3.8, 4) is 5.69 Å². The summed E-state index contributed by atoms with van der Waals surface area (Å²) in [4.78, 5) is 2.98. The molecule has 0 aliphatic heterocycles. The SMILES string of the molecule is Cc1cc(Cl)c(-n2c(=S)[nH]c3cc(Cl)c(F)cc32)cc1Cl. The van der Waals surface area contributed by atoms with Crippen LogP contribution in [0.2, 0.25) is 15.1 Å². The van der Waals surface area contributed by atoms with Crippen molar-refractivity contribution in [2.24, 2.45) is 0 Å². The van der Waals surface area contributed by atoms with E-state index in [1.165, 1.54) is 12.1 Å². The van der Waals surface area contributed by atoms with Crippen LogP contribution < -0.4 is 0 Å². The van der Waals surface area contributed by atoms with Crippen molar-refractivity contribution in [2.45, 2.75) is 6.92 Å². The van der Waals surface area contributed by atoms with Crippen LogP contribution in [0, 0.1) is 17.5 Å². The molecule has 2 aromatic carbocycles. The van der Waals surface area contributed by atoms with E-state index in [0.29, 0.717) is 31.5 Å². The third-order valence-corrected chi connectivity index (χ3v) is 4.48. The average molecular weight is 362 g/mol. The van der Waals surface area contributed by atoms with Gasteiger partial charge in [-0.1, -0.05) is 34.8 Å². The van der Waals surface area contributed by atoms with Gasteiger partial charge in [-0.15, -0.1) is 0 Å². The third-order valence-electron chi connectivity index (χ3n) is 3.19. The van der Waals surface area contributed by atoms with Gasteiger partial charge in [-0.2, -0.15) is 0 Å². The number of aromatic amines is 1. The van der Waals surface area contributed by atoms with Crippen LogP contribution in [0.5, 0.6) is 0 Å². The van der Waals surface area contributed by atoms with Crippen LogP contribution in [-0.4, -0.2) is 9.55 Å². The van der Waals surface area contributed by atoms with Crippen molar-refractivity contribution in [1.29, 1.82) is 0 Å². The van der Waals surface area contributed by atoms with Crippen molar-refractivity contribution >= 4 is 58.1 Å². The van der Waals surface area contributed by atoms with Gasteiger partial charge in [-0.05, 0) is 42.9 Å². The summed E-state index contributed by atoms with van der Waals surface area (Å²) >= 11 is 23.5. The molecule has 0 radical (unpaired) electrons. The number of aromatic nitrogens is 2. The van der Waals surface area contributed by atoms with Crippen LogP contribution in [0.25, 0.3) is 16.7 Å². The fraction of sp³-hybridized carbons (Fsp3) is 0.0714. The topological polar surface area (TPSA) is 20.7 Å². The van der Waals surface area contributed by atoms with Crippen LogP contribution >= 0.6 is 47.0 Å². The zero-order valence-electron chi connectivity index (χ0n) is 10.7. The summed E-state index contributed by atoms with van der Waals surface area (Å²) in [6.07, 6.45) is 0. The number of aryl methyl sites for hydroxylation is 1. The first-order valence-corrected chi connectivity index (χ1v) is 7.48. The molecule has 0 unspecified atom stereocenters. The summed E-state index contributed by atoms with van der Waals surface area (Å²) < 4.78 is 15.8. The van der Waals surface area contributed by atoms with E-state index in [4.69, 9.17) is 47.0 Å². The van der Waals surface area contributed by atoms with E-state index < -0.39 is 5.82 Å². The number of halogens is 4. The molecule has 1 heterocycles. The van der Waals surface area contributed by atoms with Crippen molar-refractivity contribution in [2.75, 3.05) is 0 Å². The molecule has 3 rings (SSSR count). The number of benzene rings is 2. The number of nitrogens with zero attached hydrogens (tertiary/aromatic N) is 1. The molecular formula is C14H8Cl3FN2S. The Morgan fingerprint density at radius 2 is 1.76 bits per heavy atom. The Kier molecular flexibility index (Phi) is 3.74. The predicted molar refractivity (Wildman–Crippen MR) is 88.2 cm³/mol. The van der Waals surface area contributed by atoms with Crippen molar-refractivity contribution in [3.63, 3.8) is 0 Å². The first kappa shape index (κ1) is 14.9. The molecule has 108 valence electrons. The smallest absolute Gasteiger partial charge is 0.182 e. The molecule has 21 heavy (non-hydrogen) atoms. The molecule has 2 nitrogen and oxygen atoms in total. The van der Waals surface area contributed by atoms with Crippen LogP contribution in [0.3, 0.4) is 0 Å². The molecule has 0 bridgehead atoms. The van der Waals surface area contributed by atoms with Crippen molar-refractivity contribution < 1.29 is 4.39 Å². The maximum atomic E-state index is 13.7. The molecule has 0 saturated heterocycles. The number of imidazole rings is 1. The first-order valence-electron chi connectivity index (χ1n) is 5.94. The van der Waals surface area contributed by atoms with Gasteiger partial charge in [0.15, 0.2) is 4.77 Å². The lowest BCUT2D eigenvalue weighted by Gasteiger charge is -2.09. The number of fused-ring (bicyclic) bond motifs is 1. The number of hydrogen-bond donors (Lipinski definition) is 1. The van der Waals surface area contributed by atoms with Crippen molar-refractivity contribution in [1.82, 2.24) is 9.55 Å². The first-order chi connectivity index (χ1) is 9.88. The van der Waals surface area contributed by atoms with Gasteiger partial charge in [-0.25, -0.2) is 4.39 Å². The fourth-order valence-corrected chi connectivity index (χ4v) is 3.08. The standard InChI is InChI=1S/C14H8Cl3FN2S/c1-6-2-9(17)12(4-7(6)15)20-13-5-10(18)8(16)3-11(13)19-14(20)21/h2-5H,1H3,(H,19,21). The van der Waals surface area contributed by atoms with Gasteiger partial charge in [0.25, 0.3) is 0 Å². The molecule has 3 aromatic rings. The van der Waals surface area contributed by atoms with E-state index in [-0.39, 0.29) is 5.02 Å². The minimum atomic E-state index is -0.527. The van der Waals surface area contributed by atoms with Gasteiger partial charge in [0.05, 0.1) is 26.8 Å². The molecule has 1 N–H and O–H groups in total. The third kappa shape index (κ3) is 2.46. The molecule has 0 aliphatic rings. The number of H-pyrrole nitrogens is 1. The Labute approximate surface area is 140 Å². The molecular weight excluding hydrogens is 354 g/mol. The summed E-state index contributed by atoms with van der Waals surface area (Å²) in [7, 11) is 0. The highest BCUT2D eigenvalue weighted by Gasteiger charge is 2.14. The summed E-state index contributed by atoms with van der Waals surface area (Å²) in [6, 6.07) is 6.25. The van der Waals surface area contributed by atoms with E-state index >= 15 is 0 Å². The Bertz CT molecular complexity index is 930. The summed E-state index contributed by atoms with van der Waals surface area (Å²) in [5.74, 6) is -0.527. The van der Waals surface area contributed by atoms with Crippen molar-refractivity contribution in [3.05, 3.63) is 55.5 Å². The second kappa shape index (κ2) is 5.29.